The monoisotopic (exact) mass is 248 g/mol. The molecule has 56 valence electrons. The third-order valence-electron chi connectivity index (χ3n) is 1.47. The Labute approximate surface area is 72.3 Å². The van der Waals surface area contributed by atoms with Gasteiger partial charge in [-0.1, -0.05) is 0 Å². The molecule has 1 fully saturated rings. The van der Waals surface area contributed by atoms with Crippen LogP contribution in [0, 0.1) is 0 Å². The van der Waals surface area contributed by atoms with Crippen molar-refractivity contribution in [2.45, 2.75) is 20.3 Å². The van der Waals surface area contributed by atoms with Gasteiger partial charge in [0.2, 0.25) is 0 Å². The maximum atomic E-state index is 11.1. The molecule has 1 rings (SSSR count). The summed E-state index contributed by atoms with van der Waals surface area (Å²) in [6.07, 6.45) is 1.10. The van der Waals surface area contributed by atoms with Crippen LogP contribution in [-0.2, 0) is 0 Å². The van der Waals surface area contributed by atoms with E-state index in [4.69, 9.17) is 0 Å². The summed E-state index contributed by atoms with van der Waals surface area (Å²) in [7, 11) is 0. The van der Waals surface area contributed by atoms with E-state index in [2.05, 4.69) is 6.92 Å². The van der Waals surface area contributed by atoms with Crippen LogP contribution in [0.1, 0.15) is 20.3 Å². The minimum absolute atomic E-state index is 0.274. The second-order valence-electron chi connectivity index (χ2n) is 2.28. The summed E-state index contributed by atoms with van der Waals surface area (Å²) in [6, 6.07) is 0.274. The number of carbonyl (C=O) groups excluding carboxylic acids is 1. The number of nitrogens with zero attached hydrogens (tertiary/aromatic N) is 2. The van der Waals surface area contributed by atoms with Gasteiger partial charge in [0.05, 0.1) is 0 Å². The normalized spacial score (nSPS) is 17.6. The molecule has 4 heteroatoms. The third-order valence-corrected chi connectivity index (χ3v) is 5.48. The fourth-order valence-electron chi connectivity index (χ4n) is 0.907. The average Bonchev–Trinajstić information content (AvgIpc) is 1.96. The molecule has 0 aromatic heterocycles. The second kappa shape index (κ2) is 3.46. The average molecular weight is 247 g/mol. The Kier molecular flexibility index (Phi) is 2.82. The van der Waals surface area contributed by atoms with E-state index >= 15 is 0 Å². The first-order chi connectivity index (χ1) is 4.79. The van der Waals surface area contributed by atoms with Crippen LogP contribution >= 0.6 is 0 Å². The predicted molar refractivity (Wildman–Crippen MR) is 40.5 cm³/mol. The van der Waals surface area contributed by atoms with E-state index in [1.54, 1.807) is 0 Å². The summed E-state index contributed by atoms with van der Waals surface area (Å²) in [5, 5.41) is 0. The molecule has 0 spiro atoms. The van der Waals surface area contributed by atoms with E-state index < -0.39 is 21.7 Å². The molecule has 0 aliphatic carbocycles. The zero-order valence-corrected chi connectivity index (χ0v) is 9.28. The molecule has 0 aromatic rings. The van der Waals surface area contributed by atoms with Gasteiger partial charge in [0.25, 0.3) is 0 Å². The predicted octanol–water partition coefficient (Wildman–Crippen LogP) is 0.688. The molecule has 1 aliphatic rings. The van der Waals surface area contributed by atoms with Gasteiger partial charge in [0, 0.05) is 0 Å². The summed E-state index contributed by atoms with van der Waals surface area (Å²) in [5.41, 5.74) is 0. The summed E-state index contributed by atoms with van der Waals surface area (Å²) in [5.74, 6) is 0. The van der Waals surface area contributed by atoms with Crippen LogP contribution in [0.3, 0.4) is 0 Å². The standard InChI is InChI=1S/C6H13N2O.Sn/c1-3-5-8-6(9)7-4-2;/h3-5H2,1-2H3,(H-,7,8,9);/q-1;+2/p-1. The Morgan fingerprint density at radius 3 is 2.50 bits per heavy atom. The van der Waals surface area contributed by atoms with Crippen LogP contribution in [0.25, 0.3) is 0 Å². The molecule has 0 unspecified atom stereocenters. The van der Waals surface area contributed by atoms with Crippen molar-refractivity contribution in [1.82, 2.24) is 6.24 Å². The van der Waals surface area contributed by atoms with Crippen LogP contribution in [0.5, 0.6) is 0 Å². The first-order valence-corrected chi connectivity index (χ1v) is 6.20. The Morgan fingerprint density at radius 1 is 1.40 bits per heavy atom. The summed E-state index contributed by atoms with van der Waals surface area (Å²) < 4.78 is 4.03. The van der Waals surface area contributed by atoms with Crippen LogP contribution in [-0.4, -0.2) is 47.1 Å². The van der Waals surface area contributed by atoms with Gasteiger partial charge in [-0.05, 0) is 0 Å². The molecule has 0 saturated carbocycles. The molecular formula is C6H12N2OSn. The van der Waals surface area contributed by atoms with Crippen molar-refractivity contribution in [2.24, 2.45) is 0 Å². The van der Waals surface area contributed by atoms with Gasteiger partial charge in [0.1, 0.15) is 0 Å². The van der Waals surface area contributed by atoms with E-state index in [-0.39, 0.29) is 6.03 Å². The first-order valence-electron chi connectivity index (χ1n) is 3.65. The summed E-state index contributed by atoms with van der Waals surface area (Å²) in [4.78, 5) is 11.1. The molecular weight excluding hydrogens is 235 g/mol. The Bertz CT molecular complexity index is 140. The maximum absolute atomic E-state index is 11.1. The first kappa shape index (κ1) is 8.17. The number of carbonyl (C=O) groups is 1. The summed E-state index contributed by atoms with van der Waals surface area (Å²) in [6.45, 7) is 6.07. The third kappa shape index (κ3) is 1.38. The van der Waals surface area contributed by atoms with Gasteiger partial charge in [-0.15, -0.1) is 0 Å². The van der Waals surface area contributed by atoms with Crippen molar-refractivity contribution in [1.29, 1.82) is 0 Å². The van der Waals surface area contributed by atoms with E-state index in [1.165, 1.54) is 0 Å². The number of hydrogen-bond acceptors (Lipinski definition) is 1. The van der Waals surface area contributed by atoms with Crippen molar-refractivity contribution in [3.05, 3.63) is 0 Å². The number of rotatable bonds is 3. The van der Waals surface area contributed by atoms with Crippen molar-refractivity contribution in [3.63, 3.8) is 0 Å². The number of hydrogen-bond donors (Lipinski definition) is 0. The van der Waals surface area contributed by atoms with Crippen LogP contribution in [0.15, 0.2) is 0 Å². The number of urea groups is 1. The van der Waals surface area contributed by atoms with Gasteiger partial charge in [0.15, 0.2) is 0 Å². The van der Waals surface area contributed by atoms with E-state index in [0.29, 0.717) is 0 Å². The van der Waals surface area contributed by atoms with Crippen LogP contribution < -0.4 is 0 Å². The molecule has 1 aliphatic heterocycles. The topological polar surface area (TPSA) is 23.6 Å². The van der Waals surface area contributed by atoms with Crippen molar-refractivity contribution in [2.75, 3.05) is 13.1 Å². The van der Waals surface area contributed by atoms with Crippen molar-refractivity contribution in [3.8, 4) is 0 Å². The quantitative estimate of drug-likeness (QED) is 0.673. The fourth-order valence-corrected chi connectivity index (χ4v) is 3.85. The molecule has 1 heterocycles. The Morgan fingerprint density at radius 2 is 2.10 bits per heavy atom. The van der Waals surface area contributed by atoms with Gasteiger partial charge < -0.3 is 0 Å². The molecule has 0 bridgehead atoms. The zero-order chi connectivity index (χ0) is 7.56. The Hall–Kier alpha value is 0.0687. The number of amides is 2. The van der Waals surface area contributed by atoms with Gasteiger partial charge >= 0.3 is 72.1 Å². The molecule has 1 saturated heterocycles. The van der Waals surface area contributed by atoms with Crippen molar-refractivity contribution < 1.29 is 4.79 Å². The molecule has 2 amide bonds. The summed E-state index contributed by atoms with van der Waals surface area (Å²) >= 11 is -0.565. The molecule has 3 nitrogen and oxygen atoms in total. The van der Waals surface area contributed by atoms with Crippen LogP contribution in [0.4, 0.5) is 4.79 Å². The van der Waals surface area contributed by atoms with E-state index in [0.717, 1.165) is 19.5 Å². The molecule has 0 aromatic carbocycles. The fraction of sp³-hybridized carbons (Fsp3) is 0.833. The van der Waals surface area contributed by atoms with Gasteiger partial charge in [-0.25, -0.2) is 0 Å². The van der Waals surface area contributed by atoms with Crippen LogP contribution in [0.2, 0.25) is 0 Å². The zero-order valence-electron chi connectivity index (χ0n) is 6.42. The van der Waals surface area contributed by atoms with Gasteiger partial charge in [-0.3, -0.25) is 0 Å². The van der Waals surface area contributed by atoms with E-state index in [9.17, 15) is 4.79 Å². The van der Waals surface area contributed by atoms with Gasteiger partial charge in [-0.2, -0.15) is 0 Å². The second-order valence-corrected chi connectivity index (χ2v) is 5.93. The molecule has 0 N–H and O–H groups in total. The van der Waals surface area contributed by atoms with E-state index in [1.807, 2.05) is 13.2 Å². The van der Waals surface area contributed by atoms with Crippen molar-refractivity contribution >= 4 is 27.7 Å². The molecule has 10 heavy (non-hydrogen) atoms. The molecule has 2 radical (unpaired) electrons. The SMILES string of the molecule is CCC[N]1[Sn][N](CC)C1=O. The molecule has 0 atom stereocenters. The minimum atomic E-state index is -0.565. The Balaban J connectivity index is 2.25.